The van der Waals surface area contributed by atoms with E-state index in [2.05, 4.69) is 15.5 Å². The molecule has 1 amide bonds. The van der Waals surface area contributed by atoms with Crippen LogP contribution < -0.4 is 10.5 Å². The van der Waals surface area contributed by atoms with Crippen LogP contribution in [0.1, 0.15) is 18.5 Å². The third kappa shape index (κ3) is 3.76. The number of aromatic nitrogens is 3. The molecule has 154 valence electrons. The summed E-state index contributed by atoms with van der Waals surface area (Å²) in [4.78, 5) is 18.4. The Balaban J connectivity index is 1.22. The fourth-order valence-corrected chi connectivity index (χ4v) is 4.26. The van der Waals surface area contributed by atoms with Crippen molar-refractivity contribution in [1.82, 2.24) is 18.9 Å². The van der Waals surface area contributed by atoms with Crippen LogP contribution in [0, 0.1) is 0 Å². The van der Waals surface area contributed by atoms with Crippen LogP contribution in [0.3, 0.4) is 0 Å². The number of pyridine rings is 1. The molecular formula is C23H25N5O2. The topological polar surface area (TPSA) is 77.8 Å². The van der Waals surface area contributed by atoms with Crippen LogP contribution in [0.15, 0.2) is 61.1 Å². The third-order valence-corrected chi connectivity index (χ3v) is 5.73. The zero-order valence-corrected chi connectivity index (χ0v) is 16.8. The average molecular weight is 403 g/mol. The Morgan fingerprint density at radius 2 is 1.97 bits per heavy atom. The van der Waals surface area contributed by atoms with E-state index in [1.54, 1.807) is 0 Å². The fourth-order valence-electron chi connectivity index (χ4n) is 4.26. The maximum atomic E-state index is 11.3. The summed E-state index contributed by atoms with van der Waals surface area (Å²) in [5.41, 5.74) is 8.41. The molecular weight excluding hydrogens is 378 g/mol. The number of hydrogen-bond acceptors (Lipinski definition) is 4. The number of nitrogens with zero attached hydrogens (tertiary/aromatic N) is 4. The highest BCUT2D eigenvalue weighted by Gasteiger charge is 2.22. The van der Waals surface area contributed by atoms with Gasteiger partial charge in [-0.2, -0.15) is 0 Å². The van der Waals surface area contributed by atoms with Gasteiger partial charge in [0.25, 0.3) is 0 Å². The quantitative estimate of drug-likeness (QED) is 0.537. The van der Waals surface area contributed by atoms with Crippen molar-refractivity contribution in [3.05, 3.63) is 66.7 Å². The Morgan fingerprint density at radius 1 is 1.10 bits per heavy atom. The molecule has 7 nitrogen and oxygen atoms in total. The zero-order chi connectivity index (χ0) is 20.5. The van der Waals surface area contributed by atoms with E-state index in [0.717, 1.165) is 60.5 Å². The number of likely N-dealkylation sites (tertiary alicyclic amines) is 1. The molecule has 1 aromatic carbocycles. The van der Waals surface area contributed by atoms with Gasteiger partial charge in [0.2, 0.25) is 5.91 Å². The monoisotopic (exact) mass is 403 g/mol. The fraction of sp³-hybridized carbons (Fsp3) is 0.304. The predicted molar refractivity (Wildman–Crippen MR) is 115 cm³/mol. The second-order valence-corrected chi connectivity index (χ2v) is 7.89. The minimum Gasteiger partial charge on any atom is -0.490 e. The molecule has 0 saturated carbocycles. The number of piperidine rings is 1. The van der Waals surface area contributed by atoms with Crippen molar-refractivity contribution in [3.8, 4) is 5.75 Å². The number of fused-ring (bicyclic) bond motifs is 2. The molecule has 1 aliphatic rings. The van der Waals surface area contributed by atoms with Crippen molar-refractivity contribution in [1.29, 1.82) is 0 Å². The summed E-state index contributed by atoms with van der Waals surface area (Å²) >= 11 is 0. The predicted octanol–water partition coefficient (Wildman–Crippen LogP) is 2.82. The molecule has 30 heavy (non-hydrogen) atoms. The van der Waals surface area contributed by atoms with Crippen molar-refractivity contribution >= 4 is 22.5 Å². The van der Waals surface area contributed by atoms with Crippen molar-refractivity contribution in [3.63, 3.8) is 0 Å². The molecule has 3 aromatic heterocycles. The van der Waals surface area contributed by atoms with Gasteiger partial charge in [0.15, 0.2) is 0 Å². The number of rotatable bonds is 6. The van der Waals surface area contributed by atoms with Gasteiger partial charge in [0.1, 0.15) is 24.0 Å². The van der Waals surface area contributed by atoms with Crippen LogP contribution >= 0.6 is 0 Å². The number of benzene rings is 1. The second kappa shape index (κ2) is 7.84. The van der Waals surface area contributed by atoms with Crippen molar-refractivity contribution in [2.75, 3.05) is 13.1 Å². The highest BCUT2D eigenvalue weighted by Crippen LogP contribution is 2.29. The lowest BCUT2D eigenvalue weighted by Crippen LogP contribution is -2.37. The van der Waals surface area contributed by atoms with Gasteiger partial charge in [-0.1, -0.05) is 12.1 Å². The van der Waals surface area contributed by atoms with Crippen LogP contribution in [0.5, 0.6) is 5.75 Å². The molecule has 2 N–H and O–H groups in total. The summed E-state index contributed by atoms with van der Waals surface area (Å²) in [6.07, 6.45) is 8.17. The summed E-state index contributed by atoms with van der Waals surface area (Å²) in [6.45, 7) is 3.00. The maximum absolute atomic E-state index is 11.3. The molecule has 0 aliphatic carbocycles. The molecule has 1 fully saturated rings. The number of nitrogens with two attached hydrogens (primary N) is 1. The van der Waals surface area contributed by atoms with Gasteiger partial charge in [-0.25, -0.2) is 4.98 Å². The SMILES string of the molecule is NC(=O)Cn1ccc2c(OC3CCN(Cc4cn5ccccc5n4)CC3)cccc21. The third-order valence-electron chi connectivity index (χ3n) is 5.73. The Morgan fingerprint density at radius 3 is 2.77 bits per heavy atom. The van der Waals surface area contributed by atoms with E-state index in [4.69, 9.17) is 15.5 Å². The van der Waals surface area contributed by atoms with E-state index in [1.165, 1.54) is 0 Å². The summed E-state index contributed by atoms with van der Waals surface area (Å²) in [6, 6.07) is 14.0. The van der Waals surface area contributed by atoms with E-state index in [0.29, 0.717) is 0 Å². The van der Waals surface area contributed by atoms with Gasteiger partial charge < -0.3 is 19.4 Å². The first-order valence-electron chi connectivity index (χ1n) is 10.3. The normalized spacial score (nSPS) is 15.7. The summed E-state index contributed by atoms with van der Waals surface area (Å²) in [7, 11) is 0. The molecule has 1 aliphatic heterocycles. The molecule has 0 atom stereocenters. The number of hydrogen-bond donors (Lipinski definition) is 1. The highest BCUT2D eigenvalue weighted by molar-refractivity contribution is 5.87. The van der Waals surface area contributed by atoms with Crippen LogP contribution in [0.4, 0.5) is 0 Å². The van der Waals surface area contributed by atoms with Gasteiger partial charge in [-0.15, -0.1) is 0 Å². The van der Waals surface area contributed by atoms with Gasteiger partial charge in [0, 0.05) is 43.6 Å². The molecule has 5 rings (SSSR count). The first-order chi connectivity index (χ1) is 14.7. The van der Waals surface area contributed by atoms with Crippen LogP contribution in [-0.2, 0) is 17.9 Å². The van der Waals surface area contributed by atoms with E-state index >= 15 is 0 Å². The molecule has 0 radical (unpaired) electrons. The number of imidazole rings is 1. The van der Waals surface area contributed by atoms with E-state index in [9.17, 15) is 4.79 Å². The molecule has 4 heterocycles. The Bertz CT molecular complexity index is 1150. The second-order valence-electron chi connectivity index (χ2n) is 7.89. The van der Waals surface area contributed by atoms with E-state index in [1.807, 2.05) is 59.4 Å². The maximum Gasteiger partial charge on any atom is 0.237 e. The number of primary amides is 1. The first-order valence-corrected chi connectivity index (χ1v) is 10.3. The Kier molecular flexibility index (Phi) is 4.88. The van der Waals surface area contributed by atoms with Crippen molar-refractivity contribution < 1.29 is 9.53 Å². The molecule has 0 bridgehead atoms. The molecule has 4 aromatic rings. The van der Waals surface area contributed by atoms with Gasteiger partial charge in [-0.05, 0) is 43.2 Å². The zero-order valence-electron chi connectivity index (χ0n) is 16.8. The van der Waals surface area contributed by atoms with Gasteiger partial charge in [0.05, 0.1) is 11.2 Å². The highest BCUT2D eigenvalue weighted by atomic mass is 16.5. The minimum absolute atomic E-state index is 0.175. The van der Waals surface area contributed by atoms with E-state index < -0.39 is 0 Å². The molecule has 0 spiro atoms. The van der Waals surface area contributed by atoms with Crippen LogP contribution in [0.25, 0.3) is 16.6 Å². The molecule has 0 unspecified atom stereocenters. The number of ether oxygens (including phenoxy) is 1. The number of carbonyl (C=O) groups excluding carboxylic acids is 1. The summed E-state index contributed by atoms with van der Waals surface area (Å²) < 4.78 is 10.3. The van der Waals surface area contributed by atoms with Crippen molar-refractivity contribution in [2.45, 2.75) is 32.0 Å². The van der Waals surface area contributed by atoms with Crippen LogP contribution in [0.2, 0.25) is 0 Å². The summed E-state index contributed by atoms with van der Waals surface area (Å²) in [5, 5.41) is 1.02. The number of carbonyl (C=O) groups is 1. The van der Waals surface area contributed by atoms with Gasteiger partial charge in [-0.3, -0.25) is 9.69 Å². The minimum atomic E-state index is -0.350. The lowest BCUT2D eigenvalue weighted by molar-refractivity contribution is -0.118. The Hall–Kier alpha value is -3.32. The lowest BCUT2D eigenvalue weighted by Gasteiger charge is -2.31. The van der Waals surface area contributed by atoms with Gasteiger partial charge >= 0.3 is 0 Å². The summed E-state index contributed by atoms with van der Waals surface area (Å²) in [5.74, 6) is 0.520. The van der Waals surface area contributed by atoms with E-state index in [-0.39, 0.29) is 18.6 Å². The number of amides is 1. The Labute approximate surface area is 174 Å². The van der Waals surface area contributed by atoms with Crippen molar-refractivity contribution in [2.24, 2.45) is 5.73 Å². The standard InChI is InChI=1S/C23H25N5O2/c24-22(29)16-27-13-9-19-20(27)4-3-5-21(19)30-18-7-11-26(12-8-18)14-17-15-28-10-2-1-6-23(28)25-17/h1-6,9-10,13,15,18H,7-8,11-12,14,16H2,(H2,24,29). The lowest BCUT2D eigenvalue weighted by atomic mass is 10.1. The molecule has 7 heteroatoms. The van der Waals surface area contributed by atoms with Crippen LogP contribution in [-0.4, -0.2) is 44.0 Å². The average Bonchev–Trinajstić information content (AvgIpc) is 3.33. The largest absolute Gasteiger partial charge is 0.490 e. The smallest absolute Gasteiger partial charge is 0.237 e. The molecule has 1 saturated heterocycles. The first kappa shape index (κ1) is 18.7.